The number of thioether (sulfide) groups is 1. The lowest BCUT2D eigenvalue weighted by Crippen LogP contribution is -2.46. The number of likely N-dealkylation sites (tertiary alicyclic amines) is 1. The molecule has 1 saturated heterocycles. The smallest absolute Gasteiger partial charge is 0.256 e. The van der Waals surface area contributed by atoms with Gasteiger partial charge in [0.15, 0.2) is 0 Å². The maximum atomic E-state index is 13.1. The van der Waals surface area contributed by atoms with E-state index in [1.165, 1.54) is 25.0 Å². The first-order chi connectivity index (χ1) is 14.9. The fraction of sp³-hybridized carbons (Fsp3) is 0.455. The number of carbonyl (C=O) groups excluding carboxylic acids is 1. The number of aromatic nitrogens is 1. The number of rotatable bonds is 6. The number of sulfonamides is 1. The van der Waals surface area contributed by atoms with E-state index < -0.39 is 15.8 Å². The van der Waals surface area contributed by atoms with E-state index in [1.807, 2.05) is 6.07 Å². The zero-order valence-corrected chi connectivity index (χ0v) is 18.8. The van der Waals surface area contributed by atoms with Gasteiger partial charge in [0, 0.05) is 30.6 Å². The molecule has 166 valence electrons. The molecule has 1 saturated carbocycles. The van der Waals surface area contributed by atoms with E-state index in [9.17, 15) is 17.6 Å². The fourth-order valence-corrected chi connectivity index (χ4v) is 6.68. The standard InChI is InChI=1S/C22H26FN3O3S2/c23-16-7-9-19(10-8-16)31(28,29)25-17-11-14-26(15-12-17)22(27)20-6-3-13-24-21(20)30-18-4-1-2-5-18/h3,6-10,13,17-18,25H,1-2,4-5,11-12,14-15H2. The topological polar surface area (TPSA) is 79.4 Å². The van der Waals surface area contributed by atoms with Crippen LogP contribution in [0, 0.1) is 5.82 Å². The van der Waals surface area contributed by atoms with Gasteiger partial charge >= 0.3 is 0 Å². The summed E-state index contributed by atoms with van der Waals surface area (Å²) in [6.45, 7) is 0.940. The normalized spacial score (nSPS) is 18.4. The van der Waals surface area contributed by atoms with Gasteiger partial charge in [-0.2, -0.15) is 0 Å². The Bertz CT molecular complexity index is 1020. The summed E-state index contributed by atoms with van der Waals surface area (Å²) in [5, 5.41) is 1.31. The molecular formula is C22H26FN3O3S2. The summed E-state index contributed by atoms with van der Waals surface area (Å²) in [5.41, 5.74) is 0.629. The number of nitrogens with one attached hydrogen (secondary N) is 1. The van der Waals surface area contributed by atoms with Gasteiger partial charge in [0.2, 0.25) is 10.0 Å². The molecule has 31 heavy (non-hydrogen) atoms. The Hall–Kier alpha value is -1.97. The van der Waals surface area contributed by atoms with E-state index in [1.54, 1.807) is 28.9 Å². The number of hydrogen-bond acceptors (Lipinski definition) is 5. The zero-order chi connectivity index (χ0) is 21.8. The monoisotopic (exact) mass is 463 g/mol. The summed E-state index contributed by atoms with van der Waals surface area (Å²) in [7, 11) is -3.72. The quantitative estimate of drug-likeness (QED) is 0.704. The van der Waals surface area contributed by atoms with E-state index in [4.69, 9.17) is 0 Å². The van der Waals surface area contributed by atoms with E-state index in [2.05, 4.69) is 9.71 Å². The molecule has 1 amide bonds. The first-order valence-corrected chi connectivity index (χ1v) is 13.0. The molecule has 2 aromatic rings. The van der Waals surface area contributed by atoms with Crippen molar-refractivity contribution < 1.29 is 17.6 Å². The van der Waals surface area contributed by atoms with Crippen molar-refractivity contribution in [2.24, 2.45) is 0 Å². The van der Waals surface area contributed by atoms with Gasteiger partial charge in [0.1, 0.15) is 10.8 Å². The van der Waals surface area contributed by atoms with Crippen LogP contribution >= 0.6 is 11.8 Å². The van der Waals surface area contributed by atoms with E-state index in [0.29, 0.717) is 36.7 Å². The van der Waals surface area contributed by atoms with Gasteiger partial charge < -0.3 is 4.90 Å². The molecule has 1 aliphatic carbocycles. The van der Waals surface area contributed by atoms with Gasteiger partial charge in [-0.1, -0.05) is 12.8 Å². The Morgan fingerprint density at radius 3 is 2.42 bits per heavy atom. The van der Waals surface area contributed by atoms with Crippen molar-refractivity contribution in [1.82, 2.24) is 14.6 Å². The number of piperidine rings is 1. The highest BCUT2D eigenvalue weighted by atomic mass is 32.2. The van der Waals surface area contributed by atoms with Gasteiger partial charge in [0.25, 0.3) is 5.91 Å². The van der Waals surface area contributed by atoms with Crippen LogP contribution in [0.3, 0.4) is 0 Å². The van der Waals surface area contributed by atoms with Crippen LogP contribution in [-0.4, -0.2) is 48.6 Å². The average molecular weight is 464 g/mol. The van der Waals surface area contributed by atoms with Crippen LogP contribution in [0.5, 0.6) is 0 Å². The van der Waals surface area contributed by atoms with E-state index >= 15 is 0 Å². The summed E-state index contributed by atoms with van der Waals surface area (Å²) in [6.07, 6.45) is 7.56. The minimum absolute atomic E-state index is 0.0383. The minimum Gasteiger partial charge on any atom is -0.338 e. The number of pyridine rings is 1. The fourth-order valence-electron chi connectivity index (χ4n) is 4.08. The molecule has 1 aliphatic heterocycles. The summed E-state index contributed by atoms with van der Waals surface area (Å²) in [6, 6.07) is 8.12. The molecule has 4 rings (SSSR count). The second-order valence-electron chi connectivity index (χ2n) is 8.02. The van der Waals surface area contributed by atoms with Gasteiger partial charge in [-0.3, -0.25) is 4.79 Å². The molecule has 2 fully saturated rings. The first-order valence-electron chi connectivity index (χ1n) is 10.6. The summed E-state index contributed by atoms with van der Waals surface area (Å²) >= 11 is 1.70. The first kappa shape index (κ1) is 22.2. The number of halogens is 1. The highest BCUT2D eigenvalue weighted by molar-refractivity contribution is 8.00. The van der Waals surface area contributed by atoms with Crippen LogP contribution in [0.4, 0.5) is 4.39 Å². The minimum atomic E-state index is -3.72. The third-order valence-electron chi connectivity index (χ3n) is 5.81. The van der Waals surface area contributed by atoms with E-state index in [-0.39, 0.29) is 16.8 Å². The van der Waals surface area contributed by atoms with E-state index in [0.717, 1.165) is 30.0 Å². The molecule has 2 aliphatic rings. The van der Waals surface area contributed by atoms with Gasteiger partial charge in [-0.25, -0.2) is 22.5 Å². The molecule has 0 unspecified atom stereocenters. The molecule has 1 aromatic heterocycles. The highest BCUT2D eigenvalue weighted by Gasteiger charge is 2.29. The third-order valence-corrected chi connectivity index (χ3v) is 8.70. The van der Waals surface area contributed by atoms with Crippen molar-refractivity contribution in [3.8, 4) is 0 Å². The van der Waals surface area contributed by atoms with Crippen molar-refractivity contribution in [3.05, 3.63) is 54.0 Å². The molecule has 0 radical (unpaired) electrons. The largest absolute Gasteiger partial charge is 0.338 e. The molecule has 1 aromatic carbocycles. The third kappa shape index (κ3) is 5.45. The maximum absolute atomic E-state index is 13.1. The summed E-state index contributed by atoms with van der Waals surface area (Å²) in [5.74, 6) is -0.528. The molecule has 6 nitrogen and oxygen atoms in total. The van der Waals surface area contributed by atoms with Gasteiger partial charge in [0.05, 0.1) is 10.5 Å². The Kier molecular flexibility index (Phi) is 6.93. The molecule has 0 bridgehead atoms. The number of carbonyl (C=O) groups is 1. The van der Waals surface area contributed by atoms with Crippen LogP contribution in [0.1, 0.15) is 48.9 Å². The second kappa shape index (κ2) is 9.67. The molecule has 2 heterocycles. The van der Waals surface area contributed by atoms with Crippen LogP contribution in [-0.2, 0) is 10.0 Å². The van der Waals surface area contributed by atoms with Crippen molar-refractivity contribution in [1.29, 1.82) is 0 Å². The Labute approximate surface area is 186 Å². The Balaban J connectivity index is 1.36. The second-order valence-corrected chi connectivity index (χ2v) is 11.0. The van der Waals surface area contributed by atoms with Gasteiger partial charge in [-0.15, -0.1) is 11.8 Å². The van der Waals surface area contributed by atoms with Crippen LogP contribution in [0.2, 0.25) is 0 Å². The SMILES string of the molecule is O=C(c1cccnc1SC1CCCC1)N1CCC(NS(=O)(=O)c2ccc(F)cc2)CC1. The Morgan fingerprint density at radius 2 is 1.74 bits per heavy atom. The van der Waals surface area contributed by atoms with Crippen molar-refractivity contribution >= 4 is 27.7 Å². The van der Waals surface area contributed by atoms with Crippen molar-refractivity contribution in [3.63, 3.8) is 0 Å². The zero-order valence-electron chi connectivity index (χ0n) is 17.2. The average Bonchev–Trinajstić information content (AvgIpc) is 3.27. The van der Waals surface area contributed by atoms with Crippen LogP contribution in [0.25, 0.3) is 0 Å². The number of hydrogen-bond donors (Lipinski definition) is 1. The van der Waals surface area contributed by atoms with Gasteiger partial charge in [-0.05, 0) is 62.1 Å². The van der Waals surface area contributed by atoms with Crippen LogP contribution < -0.4 is 4.72 Å². The molecule has 0 atom stereocenters. The Morgan fingerprint density at radius 1 is 1.06 bits per heavy atom. The van der Waals surface area contributed by atoms with Crippen molar-refractivity contribution in [2.45, 2.75) is 59.7 Å². The number of benzene rings is 1. The maximum Gasteiger partial charge on any atom is 0.256 e. The molecule has 0 spiro atoms. The van der Waals surface area contributed by atoms with Crippen molar-refractivity contribution in [2.75, 3.05) is 13.1 Å². The molecule has 9 heteroatoms. The molecular weight excluding hydrogens is 437 g/mol. The summed E-state index contributed by atoms with van der Waals surface area (Å²) < 4.78 is 40.8. The number of amides is 1. The lowest BCUT2D eigenvalue weighted by atomic mass is 10.1. The predicted octanol–water partition coefficient (Wildman–Crippen LogP) is 3.84. The number of nitrogens with zero attached hydrogens (tertiary/aromatic N) is 2. The lowest BCUT2D eigenvalue weighted by Gasteiger charge is -2.32. The molecule has 1 N–H and O–H groups in total. The van der Waals surface area contributed by atoms with Crippen LogP contribution in [0.15, 0.2) is 52.5 Å². The predicted molar refractivity (Wildman–Crippen MR) is 118 cm³/mol. The lowest BCUT2D eigenvalue weighted by molar-refractivity contribution is 0.0707. The summed E-state index contributed by atoms with van der Waals surface area (Å²) in [4.78, 5) is 19.4. The highest BCUT2D eigenvalue weighted by Crippen LogP contribution is 2.35.